The average molecular weight is 367 g/mol. The summed E-state index contributed by atoms with van der Waals surface area (Å²) in [6.45, 7) is 2.06. The van der Waals surface area contributed by atoms with E-state index >= 15 is 0 Å². The van der Waals surface area contributed by atoms with Gasteiger partial charge in [-0.1, -0.05) is 24.3 Å². The number of ketones is 2. The number of Topliss-reactive ketones (excluding diaryl/α,β-unsaturated/α-hetero) is 2. The Morgan fingerprint density at radius 1 is 1.23 bits per heavy atom. The predicted molar refractivity (Wildman–Crippen MR) is 99.0 cm³/mol. The minimum Gasteiger partial charge on any atom is -0.462 e. The standard InChI is InChI=1S/C20H17NO4S/c1-2-25-20(24)16-13-8-5-9-15(13)26-19(16)21-10-14-17(22)11-6-3-4-7-12(11)18(14)23/h3-4,6-7,10,14H,2,5,8-9H2,1H3. The second-order valence-electron chi connectivity index (χ2n) is 6.29. The summed E-state index contributed by atoms with van der Waals surface area (Å²) in [5, 5.41) is 0.532. The van der Waals surface area contributed by atoms with Crippen LogP contribution in [0.1, 0.15) is 54.9 Å². The summed E-state index contributed by atoms with van der Waals surface area (Å²) in [5.74, 6) is -1.78. The van der Waals surface area contributed by atoms with Crippen molar-refractivity contribution in [3.8, 4) is 0 Å². The van der Waals surface area contributed by atoms with Gasteiger partial charge >= 0.3 is 5.97 Å². The Hall–Kier alpha value is -2.60. The van der Waals surface area contributed by atoms with Gasteiger partial charge in [0, 0.05) is 22.2 Å². The summed E-state index contributed by atoms with van der Waals surface area (Å²) < 4.78 is 5.18. The Bertz CT molecular complexity index is 922. The van der Waals surface area contributed by atoms with E-state index in [1.54, 1.807) is 31.2 Å². The van der Waals surface area contributed by atoms with Gasteiger partial charge in [0.15, 0.2) is 11.6 Å². The lowest BCUT2D eigenvalue weighted by molar-refractivity contribution is 0.0526. The van der Waals surface area contributed by atoms with Crippen molar-refractivity contribution >= 4 is 40.1 Å². The van der Waals surface area contributed by atoms with Gasteiger partial charge in [0.25, 0.3) is 0 Å². The number of rotatable bonds is 4. The van der Waals surface area contributed by atoms with Gasteiger partial charge in [-0.15, -0.1) is 11.3 Å². The minimum atomic E-state index is -0.917. The molecule has 1 aromatic carbocycles. The van der Waals surface area contributed by atoms with Crippen LogP contribution in [0.25, 0.3) is 0 Å². The monoisotopic (exact) mass is 367 g/mol. The summed E-state index contributed by atoms with van der Waals surface area (Å²) in [7, 11) is 0. The topological polar surface area (TPSA) is 72.8 Å². The maximum atomic E-state index is 12.5. The number of ether oxygens (including phenoxy) is 1. The van der Waals surface area contributed by atoms with Crippen LogP contribution in [0, 0.1) is 5.92 Å². The minimum absolute atomic E-state index is 0.240. The van der Waals surface area contributed by atoms with Crippen LogP contribution in [-0.4, -0.2) is 30.4 Å². The van der Waals surface area contributed by atoms with Gasteiger partial charge in [0.05, 0.1) is 12.2 Å². The number of hydrogen-bond donors (Lipinski definition) is 0. The number of carbonyl (C=O) groups is 3. The van der Waals surface area contributed by atoms with Gasteiger partial charge in [-0.25, -0.2) is 9.79 Å². The Labute approximate surface area is 154 Å². The fourth-order valence-corrected chi connectivity index (χ4v) is 4.77. The number of benzene rings is 1. The quantitative estimate of drug-likeness (QED) is 0.468. The van der Waals surface area contributed by atoms with Crippen molar-refractivity contribution in [2.75, 3.05) is 6.61 Å². The molecule has 2 aliphatic carbocycles. The zero-order valence-corrected chi connectivity index (χ0v) is 15.1. The summed E-state index contributed by atoms with van der Waals surface area (Å²) >= 11 is 1.45. The zero-order valence-electron chi connectivity index (χ0n) is 14.3. The molecule has 26 heavy (non-hydrogen) atoms. The first-order valence-electron chi connectivity index (χ1n) is 8.65. The van der Waals surface area contributed by atoms with Crippen LogP contribution in [0.2, 0.25) is 0 Å². The number of esters is 1. The zero-order chi connectivity index (χ0) is 18.3. The van der Waals surface area contributed by atoms with E-state index in [1.165, 1.54) is 17.6 Å². The number of carbonyl (C=O) groups excluding carboxylic acids is 3. The second kappa shape index (κ2) is 6.61. The first kappa shape index (κ1) is 16.8. The third kappa shape index (κ3) is 2.61. The number of aryl methyl sites for hydroxylation is 1. The third-order valence-corrected chi connectivity index (χ3v) is 5.95. The first-order valence-corrected chi connectivity index (χ1v) is 9.46. The third-order valence-electron chi connectivity index (χ3n) is 4.75. The van der Waals surface area contributed by atoms with E-state index < -0.39 is 5.92 Å². The SMILES string of the molecule is CCOC(=O)c1c(N=CC2C(=O)c3ccccc3C2=O)sc2c1CCC2. The molecule has 4 rings (SSSR count). The lowest BCUT2D eigenvalue weighted by Gasteiger charge is -2.04. The van der Waals surface area contributed by atoms with Crippen molar-refractivity contribution in [1.82, 2.24) is 0 Å². The van der Waals surface area contributed by atoms with Crippen molar-refractivity contribution in [2.24, 2.45) is 10.9 Å². The predicted octanol–water partition coefficient (Wildman–Crippen LogP) is 3.81. The maximum absolute atomic E-state index is 12.5. The van der Waals surface area contributed by atoms with E-state index in [1.807, 2.05) is 0 Å². The molecule has 6 heteroatoms. The molecule has 0 bridgehead atoms. The van der Waals surface area contributed by atoms with Crippen molar-refractivity contribution in [3.05, 3.63) is 51.4 Å². The number of nitrogens with zero attached hydrogens (tertiary/aromatic N) is 1. The molecule has 0 atom stereocenters. The van der Waals surface area contributed by atoms with E-state index in [2.05, 4.69) is 4.99 Å². The van der Waals surface area contributed by atoms with Crippen LogP contribution < -0.4 is 0 Å². The highest BCUT2D eigenvalue weighted by atomic mass is 32.1. The Balaban J connectivity index is 1.67. The molecule has 1 aromatic heterocycles. The van der Waals surface area contributed by atoms with Gasteiger partial charge in [0.1, 0.15) is 10.9 Å². The van der Waals surface area contributed by atoms with Crippen LogP contribution in [0.4, 0.5) is 5.00 Å². The highest BCUT2D eigenvalue weighted by Crippen LogP contribution is 2.41. The number of thiophene rings is 1. The molecule has 2 aliphatic rings. The molecule has 0 fully saturated rings. The highest BCUT2D eigenvalue weighted by Gasteiger charge is 2.37. The Kier molecular flexibility index (Phi) is 4.28. The van der Waals surface area contributed by atoms with E-state index in [0.29, 0.717) is 28.3 Å². The molecule has 0 saturated heterocycles. The lowest BCUT2D eigenvalue weighted by atomic mass is 10.1. The summed E-state index contributed by atoms with van der Waals surface area (Å²) in [5.41, 5.74) is 2.38. The molecule has 1 heterocycles. The molecule has 0 N–H and O–H groups in total. The summed E-state index contributed by atoms with van der Waals surface area (Å²) in [6, 6.07) is 6.80. The van der Waals surface area contributed by atoms with Crippen molar-refractivity contribution < 1.29 is 19.1 Å². The van der Waals surface area contributed by atoms with Crippen LogP contribution in [-0.2, 0) is 17.6 Å². The Morgan fingerprint density at radius 2 is 1.92 bits per heavy atom. The number of hydrogen-bond acceptors (Lipinski definition) is 6. The van der Waals surface area contributed by atoms with Crippen molar-refractivity contribution in [1.29, 1.82) is 0 Å². The molecule has 0 unspecified atom stereocenters. The van der Waals surface area contributed by atoms with E-state index in [-0.39, 0.29) is 17.5 Å². The highest BCUT2D eigenvalue weighted by molar-refractivity contribution is 7.16. The molecule has 0 spiro atoms. The Morgan fingerprint density at radius 3 is 2.58 bits per heavy atom. The maximum Gasteiger partial charge on any atom is 0.341 e. The summed E-state index contributed by atoms with van der Waals surface area (Å²) in [6.07, 6.45) is 4.16. The largest absolute Gasteiger partial charge is 0.462 e. The molecule has 0 saturated carbocycles. The van der Waals surface area contributed by atoms with Crippen LogP contribution in [0.5, 0.6) is 0 Å². The number of aliphatic imine (C=N–C) groups is 1. The van der Waals surface area contributed by atoms with Gasteiger partial charge in [-0.2, -0.15) is 0 Å². The molecule has 5 nitrogen and oxygen atoms in total. The van der Waals surface area contributed by atoms with Crippen LogP contribution in [0.3, 0.4) is 0 Å². The lowest BCUT2D eigenvalue weighted by Crippen LogP contribution is -2.16. The van der Waals surface area contributed by atoms with E-state index in [9.17, 15) is 14.4 Å². The van der Waals surface area contributed by atoms with Gasteiger partial charge in [-0.3, -0.25) is 9.59 Å². The van der Waals surface area contributed by atoms with Crippen LogP contribution >= 0.6 is 11.3 Å². The summed E-state index contributed by atoms with van der Waals surface area (Å²) in [4.78, 5) is 42.9. The molecule has 2 aromatic rings. The fourth-order valence-electron chi connectivity index (χ4n) is 3.54. The molecule has 0 amide bonds. The van der Waals surface area contributed by atoms with Gasteiger partial charge < -0.3 is 4.74 Å². The van der Waals surface area contributed by atoms with Crippen LogP contribution in [0.15, 0.2) is 29.3 Å². The van der Waals surface area contributed by atoms with E-state index in [0.717, 1.165) is 29.7 Å². The van der Waals surface area contributed by atoms with Gasteiger partial charge in [-0.05, 0) is 31.7 Å². The first-order chi connectivity index (χ1) is 12.6. The van der Waals surface area contributed by atoms with Gasteiger partial charge in [0.2, 0.25) is 0 Å². The molecule has 0 aliphatic heterocycles. The molecule has 0 radical (unpaired) electrons. The molecule has 132 valence electrons. The normalized spacial score (nSPS) is 16.3. The average Bonchev–Trinajstić information content (AvgIpc) is 3.27. The second-order valence-corrected chi connectivity index (χ2v) is 7.37. The number of fused-ring (bicyclic) bond motifs is 2. The van der Waals surface area contributed by atoms with Crippen molar-refractivity contribution in [2.45, 2.75) is 26.2 Å². The van der Waals surface area contributed by atoms with Crippen molar-refractivity contribution in [3.63, 3.8) is 0 Å². The fraction of sp³-hybridized carbons (Fsp3) is 0.300. The van der Waals surface area contributed by atoms with E-state index in [4.69, 9.17) is 4.74 Å². The molecular formula is C20H17NO4S. The smallest absolute Gasteiger partial charge is 0.341 e. The molecular weight excluding hydrogens is 350 g/mol.